The summed E-state index contributed by atoms with van der Waals surface area (Å²) in [6.07, 6.45) is 9.66. The molecule has 5 heteroatoms. The van der Waals surface area contributed by atoms with E-state index in [1.807, 2.05) is 24.9 Å². The van der Waals surface area contributed by atoms with Crippen molar-refractivity contribution < 1.29 is 0 Å². The van der Waals surface area contributed by atoms with Crippen molar-refractivity contribution in [3.63, 3.8) is 0 Å². The summed E-state index contributed by atoms with van der Waals surface area (Å²) in [6.45, 7) is 2.94. The fraction of sp³-hybridized carbons (Fsp3) is 0.538. The van der Waals surface area contributed by atoms with E-state index < -0.39 is 0 Å². The third-order valence-electron chi connectivity index (χ3n) is 3.25. The Bertz CT molecular complexity index is 535. The number of imidazole rings is 1. The maximum atomic E-state index is 4.54. The molecular formula is C13H19N5. The Kier molecular flexibility index (Phi) is 2.81. The van der Waals surface area contributed by atoms with Crippen molar-refractivity contribution in [2.24, 2.45) is 7.05 Å². The van der Waals surface area contributed by atoms with Gasteiger partial charge in [0, 0.05) is 32.0 Å². The predicted molar refractivity (Wildman–Crippen MR) is 70.6 cm³/mol. The van der Waals surface area contributed by atoms with Crippen LogP contribution in [0.5, 0.6) is 0 Å². The lowest BCUT2D eigenvalue weighted by Gasteiger charge is -2.07. The van der Waals surface area contributed by atoms with Crippen molar-refractivity contribution in [3.8, 4) is 0 Å². The normalized spacial score (nSPS) is 15.0. The average molecular weight is 245 g/mol. The van der Waals surface area contributed by atoms with Gasteiger partial charge in [0.15, 0.2) is 0 Å². The summed E-state index contributed by atoms with van der Waals surface area (Å²) in [6, 6.07) is 0.673. The van der Waals surface area contributed by atoms with Crippen LogP contribution >= 0.6 is 0 Å². The van der Waals surface area contributed by atoms with Gasteiger partial charge in [0.1, 0.15) is 0 Å². The molecule has 3 rings (SSSR count). The number of nitrogens with zero attached hydrogens (tertiary/aromatic N) is 4. The van der Waals surface area contributed by atoms with Crippen LogP contribution in [0, 0.1) is 6.92 Å². The predicted octanol–water partition coefficient (Wildman–Crippen LogP) is 1.91. The molecule has 0 saturated heterocycles. The molecule has 96 valence electrons. The van der Waals surface area contributed by atoms with E-state index in [0.717, 1.165) is 24.6 Å². The molecule has 1 aliphatic carbocycles. The van der Waals surface area contributed by atoms with E-state index >= 15 is 0 Å². The standard InChI is InChI=1S/C13H19N5/c1-10-8-18(12-3-4-12)13(16-10)14-6-5-11-7-15-17(2)9-11/h7-9,12H,3-6H2,1-2H3,(H,14,16). The molecule has 0 aliphatic heterocycles. The molecule has 2 heterocycles. The lowest BCUT2D eigenvalue weighted by atomic mass is 10.2. The maximum Gasteiger partial charge on any atom is 0.203 e. The summed E-state index contributed by atoms with van der Waals surface area (Å²) in [7, 11) is 1.94. The van der Waals surface area contributed by atoms with Gasteiger partial charge in [-0.2, -0.15) is 5.10 Å². The number of anilines is 1. The second kappa shape index (κ2) is 4.48. The van der Waals surface area contributed by atoms with Gasteiger partial charge >= 0.3 is 0 Å². The number of hydrogen-bond donors (Lipinski definition) is 1. The molecule has 0 amide bonds. The van der Waals surface area contributed by atoms with Crippen molar-refractivity contribution in [3.05, 3.63) is 29.8 Å². The van der Waals surface area contributed by atoms with Crippen LogP contribution in [-0.2, 0) is 13.5 Å². The van der Waals surface area contributed by atoms with Gasteiger partial charge in [0.25, 0.3) is 0 Å². The van der Waals surface area contributed by atoms with E-state index in [1.54, 1.807) is 0 Å². The Labute approximate surface area is 107 Å². The molecule has 0 spiro atoms. The van der Waals surface area contributed by atoms with Gasteiger partial charge < -0.3 is 9.88 Å². The van der Waals surface area contributed by atoms with E-state index in [4.69, 9.17) is 0 Å². The van der Waals surface area contributed by atoms with Crippen LogP contribution in [0.3, 0.4) is 0 Å². The molecular weight excluding hydrogens is 226 g/mol. The SMILES string of the molecule is Cc1cn(C2CC2)c(NCCc2cnn(C)c2)n1. The second-order valence-electron chi connectivity index (χ2n) is 5.04. The summed E-state index contributed by atoms with van der Waals surface area (Å²) in [4.78, 5) is 4.54. The molecule has 18 heavy (non-hydrogen) atoms. The van der Waals surface area contributed by atoms with Crippen LogP contribution in [-0.4, -0.2) is 25.9 Å². The van der Waals surface area contributed by atoms with Gasteiger partial charge in [-0.25, -0.2) is 4.98 Å². The second-order valence-corrected chi connectivity index (χ2v) is 5.04. The Hall–Kier alpha value is -1.78. The molecule has 2 aromatic rings. The smallest absolute Gasteiger partial charge is 0.203 e. The summed E-state index contributed by atoms with van der Waals surface area (Å²) in [5, 5.41) is 7.60. The number of aromatic nitrogens is 4. The van der Waals surface area contributed by atoms with Crippen molar-refractivity contribution in [1.82, 2.24) is 19.3 Å². The minimum atomic E-state index is 0.673. The van der Waals surface area contributed by atoms with Crippen molar-refractivity contribution >= 4 is 5.95 Å². The zero-order valence-corrected chi connectivity index (χ0v) is 10.9. The first-order valence-corrected chi connectivity index (χ1v) is 6.49. The van der Waals surface area contributed by atoms with Crippen LogP contribution in [0.15, 0.2) is 18.6 Å². The molecule has 0 aromatic carbocycles. The van der Waals surface area contributed by atoms with Crippen LogP contribution in [0.1, 0.15) is 30.1 Å². The van der Waals surface area contributed by atoms with Gasteiger partial charge in [-0.1, -0.05) is 0 Å². The molecule has 1 N–H and O–H groups in total. The van der Waals surface area contributed by atoms with Crippen LogP contribution in [0.2, 0.25) is 0 Å². The average Bonchev–Trinajstić information content (AvgIpc) is 3.00. The Morgan fingerprint density at radius 2 is 2.22 bits per heavy atom. The van der Waals surface area contributed by atoms with Crippen molar-refractivity contribution in [2.45, 2.75) is 32.2 Å². The van der Waals surface area contributed by atoms with E-state index in [9.17, 15) is 0 Å². The van der Waals surface area contributed by atoms with Crippen LogP contribution in [0.4, 0.5) is 5.95 Å². The molecule has 0 atom stereocenters. The molecule has 1 saturated carbocycles. The number of hydrogen-bond acceptors (Lipinski definition) is 3. The Balaban J connectivity index is 1.59. The highest BCUT2D eigenvalue weighted by atomic mass is 15.2. The highest BCUT2D eigenvalue weighted by Crippen LogP contribution is 2.37. The fourth-order valence-electron chi connectivity index (χ4n) is 2.20. The molecule has 1 aliphatic rings. The van der Waals surface area contributed by atoms with E-state index in [2.05, 4.69) is 32.4 Å². The molecule has 1 fully saturated rings. The summed E-state index contributed by atoms with van der Waals surface area (Å²) in [5.41, 5.74) is 2.34. The highest BCUT2D eigenvalue weighted by Gasteiger charge is 2.25. The van der Waals surface area contributed by atoms with Gasteiger partial charge in [-0.15, -0.1) is 0 Å². The molecule has 0 radical (unpaired) electrons. The zero-order chi connectivity index (χ0) is 12.5. The van der Waals surface area contributed by atoms with Gasteiger partial charge in [0.05, 0.1) is 11.9 Å². The highest BCUT2D eigenvalue weighted by molar-refractivity contribution is 5.31. The first-order valence-electron chi connectivity index (χ1n) is 6.49. The number of nitrogens with one attached hydrogen (secondary N) is 1. The molecule has 0 unspecified atom stereocenters. The minimum Gasteiger partial charge on any atom is -0.355 e. The van der Waals surface area contributed by atoms with Gasteiger partial charge in [-0.05, 0) is 31.7 Å². The van der Waals surface area contributed by atoms with Gasteiger partial charge in [-0.3, -0.25) is 4.68 Å². The minimum absolute atomic E-state index is 0.673. The summed E-state index contributed by atoms with van der Waals surface area (Å²) < 4.78 is 4.11. The number of aryl methyl sites for hydroxylation is 2. The molecule has 0 bridgehead atoms. The first kappa shape index (κ1) is 11.3. The monoisotopic (exact) mass is 245 g/mol. The van der Waals surface area contributed by atoms with Crippen molar-refractivity contribution in [2.75, 3.05) is 11.9 Å². The largest absolute Gasteiger partial charge is 0.355 e. The van der Waals surface area contributed by atoms with Crippen molar-refractivity contribution in [1.29, 1.82) is 0 Å². The van der Waals surface area contributed by atoms with E-state index in [-0.39, 0.29) is 0 Å². The lowest BCUT2D eigenvalue weighted by Crippen LogP contribution is -2.09. The molecule has 5 nitrogen and oxygen atoms in total. The van der Waals surface area contributed by atoms with Gasteiger partial charge in [0.2, 0.25) is 5.95 Å². The lowest BCUT2D eigenvalue weighted by molar-refractivity contribution is 0.741. The number of rotatable bonds is 5. The maximum absolute atomic E-state index is 4.54. The Morgan fingerprint density at radius 1 is 1.39 bits per heavy atom. The zero-order valence-electron chi connectivity index (χ0n) is 10.9. The third kappa shape index (κ3) is 2.39. The van der Waals surface area contributed by atoms with E-state index in [0.29, 0.717) is 6.04 Å². The topological polar surface area (TPSA) is 47.7 Å². The van der Waals surface area contributed by atoms with Crippen LogP contribution in [0.25, 0.3) is 0 Å². The Morgan fingerprint density at radius 3 is 2.89 bits per heavy atom. The molecule has 2 aromatic heterocycles. The van der Waals surface area contributed by atoms with Crippen LogP contribution < -0.4 is 5.32 Å². The first-order chi connectivity index (χ1) is 8.72. The van der Waals surface area contributed by atoms with E-state index in [1.165, 1.54) is 18.4 Å². The third-order valence-corrected chi connectivity index (χ3v) is 3.25. The fourth-order valence-corrected chi connectivity index (χ4v) is 2.20. The quantitative estimate of drug-likeness (QED) is 0.875. The summed E-state index contributed by atoms with van der Waals surface area (Å²) in [5.74, 6) is 1.01. The summed E-state index contributed by atoms with van der Waals surface area (Å²) >= 11 is 0.